The summed E-state index contributed by atoms with van der Waals surface area (Å²) in [4.78, 5) is 13.3. The molecule has 2 unspecified atom stereocenters. The van der Waals surface area contributed by atoms with Crippen LogP contribution in [0.5, 0.6) is 5.75 Å². The molecule has 2 aliphatic heterocycles. The van der Waals surface area contributed by atoms with Gasteiger partial charge >= 0.3 is 5.69 Å². The molecular weight excluding hydrogens is 296 g/mol. The third kappa shape index (κ3) is 3.01. The molecule has 1 N–H and O–H groups in total. The van der Waals surface area contributed by atoms with E-state index in [1.54, 1.807) is 12.1 Å². The molecule has 2 atom stereocenters. The zero-order chi connectivity index (χ0) is 16.4. The van der Waals surface area contributed by atoms with Gasteiger partial charge in [0.15, 0.2) is 5.75 Å². The minimum atomic E-state index is -0.384. The molecule has 0 aliphatic carbocycles. The Labute approximate surface area is 135 Å². The highest BCUT2D eigenvalue weighted by atomic mass is 16.6. The van der Waals surface area contributed by atoms with Crippen molar-refractivity contribution in [3.63, 3.8) is 0 Å². The molecule has 0 aromatic heterocycles. The van der Waals surface area contributed by atoms with Crippen molar-refractivity contribution in [1.82, 2.24) is 10.3 Å². The lowest BCUT2D eigenvalue weighted by Gasteiger charge is -2.32. The average molecular weight is 318 g/mol. The number of fused-ring (bicyclic) bond motifs is 1. The van der Waals surface area contributed by atoms with Gasteiger partial charge in [-0.05, 0) is 25.1 Å². The summed E-state index contributed by atoms with van der Waals surface area (Å²) < 4.78 is 5.36. The molecule has 1 fully saturated rings. The Morgan fingerprint density at radius 3 is 3.00 bits per heavy atom. The number of nitrogens with one attached hydrogen (secondary N) is 1. The number of nitrogens with zero attached hydrogens (tertiary/aromatic N) is 3. The summed E-state index contributed by atoms with van der Waals surface area (Å²) in [6, 6.07) is 5.20. The number of likely N-dealkylation sites (tertiary alicyclic amines) is 1. The first-order chi connectivity index (χ1) is 11.1. The van der Waals surface area contributed by atoms with Crippen LogP contribution in [0.3, 0.4) is 0 Å². The van der Waals surface area contributed by atoms with E-state index in [9.17, 15) is 10.1 Å². The minimum Gasteiger partial charge on any atom is -0.487 e. The summed E-state index contributed by atoms with van der Waals surface area (Å²) in [7, 11) is 0. The summed E-state index contributed by atoms with van der Waals surface area (Å²) >= 11 is 0. The zero-order valence-corrected chi connectivity index (χ0v) is 13.5. The third-order valence-electron chi connectivity index (χ3n) is 4.60. The SMILES string of the molecule is CCOc1ccc(C2NN=C3CCN(CC)CC32)cc1[N+](=O)[O-]. The number of ether oxygens (including phenoxy) is 1. The molecule has 124 valence electrons. The fourth-order valence-corrected chi connectivity index (χ4v) is 3.35. The van der Waals surface area contributed by atoms with E-state index < -0.39 is 0 Å². The van der Waals surface area contributed by atoms with Gasteiger partial charge in [0.1, 0.15) is 0 Å². The summed E-state index contributed by atoms with van der Waals surface area (Å²) in [6.07, 6.45) is 0.959. The van der Waals surface area contributed by atoms with E-state index in [1.165, 1.54) is 5.71 Å². The van der Waals surface area contributed by atoms with Crippen LogP contribution in [0.4, 0.5) is 5.69 Å². The molecule has 0 saturated carbocycles. The molecular formula is C16H22N4O3. The topological polar surface area (TPSA) is 80.0 Å². The molecule has 0 spiro atoms. The Morgan fingerprint density at radius 1 is 1.48 bits per heavy atom. The molecule has 3 rings (SSSR count). The largest absolute Gasteiger partial charge is 0.487 e. The number of piperidine rings is 1. The second-order valence-corrected chi connectivity index (χ2v) is 5.88. The van der Waals surface area contributed by atoms with Gasteiger partial charge < -0.3 is 15.1 Å². The smallest absolute Gasteiger partial charge is 0.311 e. The number of hydrazone groups is 1. The standard InChI is InChI=1S/C16H22N4O3/c1-3-19-8-7-13-12(10-19)16(18-17-13)11-5-6-15(23-4-2)14(9-11)20(21)22/h5-6,9,12,16,18H,3-4,7-8,10H2,1-2H3. The van der Waals surface area contributed by atoms with Crippen LogP contribution in [-0.2, 0) is 0 Å². The molecule has 0 bridgehead atoms. The van der Waals surface area contributed by atoms with Crippen LogP contribution in [-0.4, -0.2) is 41.8 Å². The molecule has 2 aliphatic rings. The van der Waals surface area contributed by atoms with Gasteiger partial charge in [0, 0.05) is 37.2 Å². The lowest BCUT2D eigenvalue weighted by atomic mass is 9.86. The minimum absolute atomic E-state index is 0.00581. The van der Waals surface area contributed by atoms with Crippen molar-refractivity contribution in [1.29, 1.82) is 0 Å². The maximum Gasteiger partial charge on any atom is 0.311 e. The van der Waals surface area contributed by atoms with Crippen LogP contribution in [0.2, 0.25) is 0 Å². The van der Waals surface area contributed by atoms with E-state index in [4.69, 9.17) is 4.74 Å². The van der Waals surface area contributed by atoms with Gasteiger partial charge in [-0.2, -0.15) is 5.10 Å². The number of nitro benzene ring substituents is 1. The summed E-state index contributed by atoms with van der Waals surface area (Å²) in [5.41, 5.74) is 5.26. The first-order valence-corrected chi connectivity index (χ1v) is 8.09. The quantitative estimate of drug-likeness (QED) is 0.666. The van der Waals surface area contributed by atoms with Crippen LogP contribution in [0.1, 0.15) is 31.9 Å². The lowest BCUT2D eigenvalue weighted by Crippen LogP contribution is -2.41. The van der Waals surface area contributed by atoms with Crippen molar-refractivity contribution in [3.8, 4) is 5.75 Å². The predicted molar refractivity (Wildman–Crippen MR) is 87.8 cm³/mol. The van der Waals surface area contributed by atoms with Crippen LogP contribution < -0.4 is 10.2 Å². The Morgan fingerprint density at radius 2 is 2.30 bits per heavy atom. The zero-order valence-electron chi connectivity index (χ0n) is 13.5. The second kappa shape index (κ2) is 6.54. The van der Waals surface area contributed by atoms with Gasteiger partial charge in [-0.3, -0.25) is 10.1 Å². The van der Waals surface area contributed by atoms with Crippen molar-refractivity contribution in [2.75, 3.05) is 26.2 Å². The average Bonchev–Trinajstić information content (AvgIpc) is 2.98. The Hall–Kier alpha value is -2.15. The van der Waals surface area contributed by atoms with Gasteiger partial charge in [-0.1, -0.05) is 13.0 Å². The molecule has 0 radical (unpaired) electrons. The van der Waals surface area contributed by atoms with E-state index in [-0.39, 0.29) is 22.6 Å². The molecule has 7 heteroatoms. The van der Waals surface area contributed by atoms with Crippen LogP contribution in [0.15, 0.2) is 23.3 Å². The molecule has 23 heavy (non-hydrogen) atoms. The summed E-state index contributed by atoms with van der Waals surface area (Å²) in [6.45, 7) is 7.36. The normalized spacial score (nSPS) is 23.8. The maximum absolute atomic E-state index is 11.3. The Kier molecular flexibility index (Phi) is 4.47. The van der Waals surface area contributed by atoms with E-state index in [1.807, 2.05) is 13.0 Å². The van der Waals surface area contributed by atoms with Crippen molar-refractivity contribution in [2.45, 2.75) is 26.3 Å². The van der Waals surface area contributed by atoms with Gasteiger partial charge in [0.2, 0.25) is 0 Å². The van der Waals surface area contributed by atoms with Crippen LogP contribution in [0.25, 0.3) is 0 Å². The van der Waals surface area contributed by atoms with Gasteiger partial charge in [-0.25, -0.2) is 0 Å². The molecule has 1 saturated heterocycles. The molecule has 1 aromatic carbocycles. The predicted octanol–water partition coefficient (Wildman–Crippen LogP) is 2.34. The first-order valence-electron chi connectivity index (χ1n) is 8.09. The van der Waals surface area contributed by atoms with E-state index >= 15 is 0 Å². The van der Waals surface area contributed by atoms with Gasteiger partial charge in [0.05, 0.1) is 17.6 Å². The number of nitro groups is 1. The number of benzene rings is 1. The lowest BCUT2D eigenvalue weighted by molar-refractivity contribution is -0.385. The van der Waals surface area contributed by atoms with Crippen LogP contribution in [0, 0.1) is 16.0 Å². The highest BCUT2D eigenvalue weighted by Crippen LogP contribution is 2.36. The van der Waals surface area contributed by atoms with Gasteiger partial charge in [0.25, 0.3) is 0 Å². The van der Waals surface area contributed by atoms with Crippen molar-refractivity contribution in [3.05, 3.63) is 33.9 Å². The van der Waals surface area contributed by atoms with E-state index in [2.05, 4.69) is 22.4 Å². The molecule has 0 amide bonds. The molecule has 2 heterocycles. The Balaban J connectivity index is 1.87. The number of hydrogen-bond acceptors (Lipinski definition) is 6. The second-order valence-electron chi connectivity index (χ2n) is 5.88. The number of rotatable bonds is 5. The fraction of sp³-hybridized carbons (Fsp3) is 0.562. The monoisotopic (exact) mass is 318 g/mol. The molecule has 1 aromatic rings. The van der Waals surface area contributed by atoms with E-state index in [0.717, 1.165) is 31.6 Å². The van der Waals surface area contributed by atoms with Gasteiger partial charge in [-0.15, -0.1) is 0 Å². The van der Waals surface area contributed by atoms with Crippen molar-refractivity contribution in [2.24, 2.45) is 11.0 Å². The van der Waals surface area contributed by atoms with E-state index in [0.29, 0.717) is 12.4 Å². The highest BCUT2D eigenvalue weighted by molar-refractivity contribution is 5.90. The summed E-state index contributed by atoms with van der Waals surface area (Å²) in [5, 5.41) is 15.8. The number of hydrogen-bond donors (Lipinski definition) is 1. The maximum atomic E-state index is 11.3. The molecule has 7 nitrogen and oxygen atoms in total. The third-order valence-corrected chi connectivity index (χ3v) is 4.60. The van der Waals surface area contributed by atoms with Crippen LogP contribution >= 0.6 is 0 Å². The Bertz CT molecular complexity index is 632. The first kappa shape index (κ1) is 15.7. The van der Waals surface area contributed by atoms with Crippen molar-refractivity contribution >= 4 is 11.4 Å². The summed E-state index contributed by atoms with van der Waals surface area (Å²) in [5.74, 6) is 0.598. The fourth-order valence-electron chi connectivity index (χ4n) is 3.35. The van der Waals surface area contributed by atoms with Crippen molar-refractivity contribution < 1.29 is 9.66 Å². The highest BCUT2D eigenvalue weighted by Gasteiger charge is 2.37.